The fraction of sp³-hybridized carbons (Fsp3) is 0.500. The van der Waals surface area contributed by atoms with Crippen molar-refractivity contribution in [2.75, 3.05) is 18.4 Å². The molecule has 1 aliphatic rings. The lowest BCUT2D eigenvalue weighted by molar-refractivity contribution is -0.129. The van der Waals surface area contributed by atoms with Crippen LogP contribution < -0.4 is 5.32 Å². The van der Waals surface area contributed by atoms with Crippen LogP contribution in [0.3, 0.4) is 0 Å². The van der Waals surface area contributed by atoms with Gasteiger partial charge in [0.1, 0.15) is 0 Å². The Balaban J connectivity index is 1.92. The van der Waals surface area contributed by atoms with E-state index in [0.29, 0.717) is 12.6 Å². The third kappa shape index (κ3) is 3.25. The minimum atomic E-state index is 0.197. The molecule has 1 amide bonds. The molecule has 4 heteroatoms. The van der Waals surface area contributed by atoms with Gasteiger partial charge in [-0.2, -0.15) is 0 Å². The molecule has 1 N–H and O–H groups in total. The third-order valence-corrected chi connectivity index (χ3v) is 3.76. The third-order valence-electron chi connectivity index (χ3n) is 3.27. The van der Waals surface area contributed by atoms with Crippen LogP contribution in [0.25, 0.3) is 0 Å². The lowest BCUT2D eigenvalue weighted by Crippen LogP contribution is -2.37. The number of likely N-dealkylation sites (N-methyl/N-ethyl adjacent to an activating group) is 1. The van der Waals surface area contributed by atoms with Gasteiger partial charge < -0.3 is 10.2 Å². The first-order valence-electron chi connectivity index (χ1n) is 6.41. The molecule has 3 nitrogen and oxygen atoms in total. The number of carbonyl (C=O) groups is 1. The molecular weight excluding hydrogens is 292 g/mol. The van der Waals surface area contributed by atoms with Crippen molar-refractivity contribution in [3.63, 3.8) is 0 Å². The van der Waals surface area contributed by atoms with Crippen LogP contribution in [0, 0.1) is 6.92 Å². The topological polar surface area (TPSA) is 32.3 Å². The van der Waals surface area contributed by atoms with Gasteiger partial charge in [-0.25, -0.2) is 0 Å². The summed E-state index contributed by atoms with van der Waals surface area (Å²) in [6.07, 6.45) is 2.33. The Hall–Kier alpha value is -1.03. The molecule has 18 heavy (non-hydrogen) atoms. The maximum Gasteiger partial charge on any atom is 0.242 e. The van der Waals surface area contributed by atoms with Gasteiger partial charge in [0.15, 0.2) is 0 Å². The highest BCUT2D eigenvalue weighted by Gasteiger charge is 2.30. The van der Waals surface area contributed by atoms with Crippen molar-refractivity contribution in [3.05, 3.63) is 28.2 Å². The average Bonchev–Trinajstić information content (AvgIpc) is 3.13. The second-order valence-corrected chi connectivity index (χ2v) is 5.64. The molecule has 0 aromatic heterocycles. The summed E-state index contributed by atoms with van der Waals surface area (Å²) in [7, 11) is 0. The van der Waals surface area contributed by atoms with Gasteiger partial charge >= 0.3 is 0 Å². The number of anilines is 1. The zero-order chi connectivity index (χ0) is 13.1. The molecule has 2 rings (SSSR count). The Labute approximate surface area is 117 Å². The van der Waals surface area contributed by atoms with Crippen LogP contribution in [0.2, 0.25) is 0 Å². The van der Waals surface area contributed by atoms with Crippen molar-refractivity contribution in [2.24, 2.45) is 0 Å². The van der Waals surface area contributed by atoms with E-state index in [1.54, 1.807) is 0 Å². The summed E-state index contributed by atoms with van der Waals surface area (Å²) in [6, 6.07) is 6.53. The van der Waals surface area contributed by atoms with Crippen LogP contribution in [0.5, 0.6) is 0 Å². The number of benzene rings is 1. The molecular formula is C14H19BrN2O. The van der Waals surface area contributed by atoms with Gasteiger partial charge in [0, 0.05) is 22.7 Å². The quantitative estimate of drug-likeness (QED) is 0.906. The number of hydrogen-bond donors (Lipinski definition) is 1. The summed E-state index contributed by atoms with van der Waals surface area (Å²) in [5, 5.41) is 3.23. The van der Waals surface area contributed by atoms with Crippen molar-refractivity contribution in [1.29, 1.82) is 0 Å². The first-order chi connectivity index (χ1) is 8.61. The molecule has 0 saturated heterocycles. The van der Waals surface area contributed by atoms with E-state index < -0.39 is 0 Å². The van der Waals surface area contributed by atoms with E-state index >= 15 is 0 Å². The predicted molar refractivity (Wildman–Crippen MR) is 77.8 cm³/mol. The van der Waals surface area contributed by atoms with Crippen LogP contribution in [-0.4, -0.2) is 29.9 Å². The number of halogens is 1. The summed E-state index contributed by atoms with van der Waals surface area (Å²) in [5.74, 6) is 0.197. The maximum absolute atomic E-state index is 12.1. The minimum Gasteiger partial charge on any atom is -0.376 e. The molecule has 1 aliphatic carbocycles. The molecule has 0 unspecified atom stereocenters. The monoisotopic (exact) mass is 310 g/mol. The lowest BCUT2D eigenvalue weighted by atomic mass is 10.2. The summed E-state index contributed by atoms with van der Waals surface area (Å²) < 4.78 is 1.06. The molecule has 1 saturated carbocycles. The van der Waals surface area contributed by atoms with E-state index in [2.05, 4.69) is 21.2 Å². The predicted octanol–water partition coefficient (Wildman–Crippen LogP) is 3.18. The largest absolute Gasteiger partial charge is 0.376 e. The zero-order valence-corrected chi connectivity index (χ0v) is 12.5. The number of carbonyl (C=O) groups excluding carboxylic acids is 1. The van der Waals surface area contributed by atoms with Crippen molar-refractivity contribution in [2.45, 2.75) is 32.7 Å². The number of amides is 1. The normalized spacial score (nSPS) is 14.4. The van der Waals surface area contributed by atoms with Crippen molar-refractivity contribution in [1.82, 2.24) is 4.90 Å². The van der Waals surface area contributed by atoms with E-state index in [-0.39, 0.29) is 5.91 Å². The molecule has 0 aliphatic heterocycles. The highest BCUT2D eigenvalue weighted by Crippen LogP contribution is 2.26. The van der Waals surface area contributed by atoms with Gasteiger partial charge in [-0.3, -0.25) is 4.79 Å². The van der Waals surface area contributed by atoms with Crippen LogP contribution in [-0.2, 0) is 4.79 Å². The van der Waals surface area contributed by atoms with Gasteiger partial charge in [0.2, 0.25) is 5.91 Å². The van der Waals surface area contributed by atoms with Crippen molar-refractivity contribution < 1.29 is 4.79 Å². The summed E-state index contributed by atoms with van der Waals surface area (Å²) >= 11 is 3.44. The number of nitrogens with zero attached hydrogens (tertiary/aromatic N) is 1. The Kier molecular flexibility index (Phi) is 4.27. The molecule has 1 aromatic rings. The van der Waals surface area contributed by atoms with E-state index in [4.69, 9.17) is 0 Å². The summed E-state index contributed by atoms with van der Waals surface area (Å²) in [4.78, 5) is 14.0. The molecule has 0 heterocycles. The Morgan fingerprint density at radius 1 is 1.50 bits per heavy atom. The fourth-order valence-corrected chi connectivity index (χ4v) is 2.60. The van der Waals surface area contributed by atoms with Crippen LogP contribution in [0.1, 0.15) is 25.3 Å². The highest BCUT2D eigenvalue weighted by atomic mass is 79.9. The average molecular weight is 311 g/mol. The molecule has 98 valence electrons. The number of aryl methyl sites for hydroxylation is 1. The molecule has 1 fully saturated rings. The SMILES string of the molecule is CCN(C(=O)CNc1ccc(Br)cc1C)C1CC1. The smallest absolute Gasteiger partial charge is 0.242 e. The Bertz CT molecular complexity index is 443. The maximum atomic E-state index is 12.1. The van der Waals surface area contributed by atoms with E-state index in [0.717, 1.165) is 35.1 Å². The van der Waals surface area contributed by atoms with Gasteiger partial charge in [-0.1, -0.05) is 15.9 Å². The van der Waals surface area contributed by atoms with Crippen LogP contribution in [0.4, 0.5) is 5.69 Å². The van der Waals surface area contributed by atoms with Gasteiger partial charge in [0.05, 0.1) is 6.54 Å². The minimum absolute atomic E-state index is 0.197. The molecule has 0 bridgehead atoms. The number of nitrogens with one attached hydrogen (secondary N) is 1. The highest BCUT2D eigenvalue weighted by molar-refractivity contribution is 9.10. The zero-order valence-electron chi connectivity index (χ0n) is 10.9. The second kappa shape index (κ2) is 5.74. The number of hydrogen-bond acceptors (Lipinski definition) is 2. The van der Waals surface area contributed by atoms with E-state index in [1.165, 1.54) is 0 Å². The molecule has 0 atom stereocenters. The molecule has 0 spiro atoms. The van der Waals surface area contributed by atoms with Crippen LogP contribution >= 0.6 is 15.9 Å². The van der Waals surface area contributed by atoms with Crippen LogP contribution in [0.15, 0.2) is 22.7 Å². The van der Waals surface area contributed by atoms with Gasteiger partial charge in [-0.15, -0.1) is 0 Å². The summed E-state index contributed by atoms with van der Waals surface area (Å²) in [5.41, 5.74) is 2.17. The van der Waals surface area contributed by atoms with E-state index in [1.807, 2.05) is 36.9 Å². The first-order valence-corrected chi connectivity index (χ1v) is 7.20. The summed E-state index contributed by atoms with van der Waals surface area (Å²) in [6.45, 7) is 5.27. The lowest BCUT2D eigenvalue weighted by Gasteiger charge is -2.21. The molecule has 0 radical (unpaired) electrons. The van der Waals surface area contributed by atoms with Gasteiger partial charge in [-0.05, 0) is 50.5 Å². The standard InChI is InChI=1S/C14H19BrN2O/c1-3-17(12-5-6-12)14(18)9-16-13-7-4-11(15)8-10(13)2/h4,7-8,12,16H,3,5-6,9H2,1-2H3. The Morgan fingerprint density at radius 2 is 2.22 bits per heavy atom. The first kappa shape index (κ1) is 13.4. The van der Waals surface area contributed by atoms with Gasteiger partial charge in [0.25, 0.3) is 0 Å². The van der Waals surface area contributed by atoms with E-state index in [9.17, 15) is 4.79 Å². The van der Waals surface area contributed by atoms with Crippen molar-refractivity contribution in [3.8, 4) is 0 Å². The van der Waals surface area contributed by atoms with Crippen molar-refractivity contribution >= 4 is 27.5 Å². The number of rotatable bonds is 5. The second-order valence-electron chi connectivity index (χ2n) is 4.72. The fourth-order valence-electron chi connectivity index (χ4n) is 2.12. The molecule has 1 aromatic carbocycles. The Morgan fingerprint density at radius 3 is 2.78 bits per heavy atom.